The van der Waals surface area contributed by atoms with E-state index in [1.165, 1.54) is 11.1 Å². The highest BCUT2D eigenvalue weighted by Crippen LogP contribution is 2.26. The Kier molecular flexibility index (Phi) is 3.26. The molecule has 2 heterocycles. The molecule has 1 aromatic carbocycles. The fourth-order valence-electron chi connectivity index (χ4n) is 2.97. The van der Waals surface area contributed by atoms with E-state index in [1.807, 2.05) is 31.2 Å². The number of aromatic nitrogens is 1. The summed E-state index contributed by atoms with van der Waals surface area (Å²) in [6.45, 7) is 4.70. The monoisotopic (exact) mass is 308 g/mol. The molecule has 1 aliphatic carbocycles. The lowest BCUT2D eigenvalue weighted by molar-refractivity contribution is 0.0942. The fourth-order valence-corrected chi connectivity index (χ4v) is 2.97. The van der Waals surface area contributed by atoms with Crippen LogP contribution < -0.4 is 5.32 Å². The van der Waals surface area contributed by atoms with Crippen LogP contribution in [0.5, 0.6) is 0 Å². The molecule has 0 bridgehead atoms. The van der Waals surface area contributed by atoms with E-state index in [0.29, 0.717) is 18.3 Å². The van der Waals surface area contributed by atoms with Crippen molar-refractivity contribution in [2.75, 3.05) is 0 Å². The van der Waals surface area contributed by atoms with Crippen LogP contribution in [0.15, 0.2) is 40.8 Å². The van der Waals surface area contributed by atoms with Crippen molar-refractivity contribution in [2.24, 2.45) is 0 Å². The fraction of sp³-hybridized carbons (Fsp3) is 0.316. The number of furan rings is 1. The van der Waals surface area contributed by atoms with E-state index in [1.54, 1.807) is 0 Å². The number of fused-ring (bicyclic) bond motifs is 1. The van der Waals surface area contributed by atoms with Crippen LogP contribution >= 0.6 is 0 Å². The second kappa shape index (κ2) is 5.30. The first kappa shape index (κ1) is 14.1. The number of amides is 1. The molecular formula is C19H20N2O2. The Balaban J connectivity index is 1.77. The minimum Gasteiger partial charge on any atom is -0.460 e. The summed E-state index contributed by atoms with van der Waals surface area (Å²) in [5.74, 6) is 0.854. The molecule has 0 aliphatic heterocycles. The minimum absolute atomic E-state index is 0.00913. The van der Waals surface area contributed by atoms with Gasteiger partial charge in [-0.3, -0.25) is 4.79 Å². The van der Waals surface area contributed by atoms with E-state index in [9.17, 15) is 4.79 Å². The third-order valence-corrected chi connectivity index (χ3v) is 4.45. The number of nitrogens with zero attached hydrogens (tertiary/aromatic N) is 1. The van der Waals surface area contributed by atoms with Crippen LogP contribution in [0.2, 0.25) is 0 Å². The number of hydrogen-bond donors (Lipinski definition) is 1. The molecule has 0 saturated heterocycles. The van der Waals surface area contributed by atoms with Crippen molar-refractivity contribution in [3.63, 3.8) is 0 Å². The molecule has 1 N–H and O–H groups in total. The topological polar surface area (TPSA) is 47.2 Å². The highest BCUT2D eigenvalue weighted by atomic mass is 16.3. The Hall–Kier alpha value is -2.49. The molecule has 118 valence electrons. The summed E-state index contributed by atoms with van der Waals surface area (Å²) in [5, 5.41) is 3.07. The smallest absolute Gasteiger partial charge is 0.268 e. The molecule has 0 radical (unpaired) electrons. The van der Waals surface area contributed by atoms with Gasteiger partial charge in [-0.15, -0.1) is 0 Å². The highest BCUT2D eigenvalue weighted by molar-refractivity contribution is 5.98. The number of carbonyl (C=O) groups is 1. The average Bonchev–Trinajstić information content (AvgIpc) is 3.16. The molecule has 0 atom stereocenters. The van der Waals surface area contributed by atoms with Crippen LogP contribution in [-0.2, 0) is 6.54 Å². The maximum absolute atomic E-state index is 12.6. The number of hydrogen-bond acceptors (Lipinski definition) is 2. The lowest BCUT2D eigenvalue weighted by Crippen LogP contribution is -2.27. The number of rotatable bonds is 4. The van der Waals surface area contributed by atoms with E-state index in [-0.39, 0.29) is 5.91 Å². The highest BCUT2D eigenvalue weighted by Gasteiger charge is 2.26. The first-order chi connectivity index (χ1) is 11.1. The Bertz CT molecular complexity index is 884. The van der Waals surface area contributed by atoms with Gasteiger partial charge in [0.2, 0.25) is 0 Å². The Morgan fingerprint density at radius 1 is 1.26 bits per heavy atom. The van der Waals surface area contributed by atoms with Gasteiger partial charge in [-0.1, -0.05) is 24.3 Å². The zero-order valence-electron chi connectivity index (χ0n) is 13.4. The summed E-state index contributed by atoms with van der Waals surface area (Å²) >= 11 is 0. The Morgan fingerprint density at radius 3 is 2.78 bits per heavy atom. The van der Waals surface area contributed by atoms with Crippen molar-refractivity contribution in [3.05, 3.63) is 59.0 Å². The van der Waals surface area contributed by atoms with Crippen molar-refractivity contribution in [3.8, 4) is 0 Å². The van der Waals surface area contributed by atoms with Gasteiger partial charge >= 0.3 is 0 Å². The summed E-state index contributed by atoms with van der Waals surface area (Å²) in [5.41, 5.74) is 4.87. The van der Waals surface area contributed by atoms with Gasteiger partial charge in [-0.05, 0) is 37.8 Å². The summed E-state index contributed by atoms with van der Waals surface area (Å²) < 4.78 is 7.79. The zero-order valence-corrected chi connectivity index (χ0v) is 13.4. The van der Waals surface area contributed by atoms with Gasteiger partial charge in [0.15, 0.2) is 5.58 Å². The lowest BCUT2D eigenvalue weighted by Gasteiger charge is -2.12. The summed E-state index contributed by atoms with van der Waals surface area (Å²) in [6, 6.07) is 12.5. The Morgan fingerprint density at radius 2 is 2.04 bits per heavy atom. The van der Waals surface area contributed by atoms with Crippen molar-refractivity contribution in [2.45, 2.75) is 39.3 Å². The van der Waals surface area contributed by atoms with Crippen molar-refractivity contribution >= 4 is 17.0 Å². The molecule has 1 aliphatic rings. The molecule has 0 spiro atoms. The number of carbonyl (C=O) groups excluding carboxylic acids is 1. The van der Waals surface area contributed by atoms with E-state index < -0.39 is 0 Å². The van der Waals surface area contributed by atoms with E-state index in [0.717, 1.165) is 29.7 Å². The quantitative estimate of drug-likeness (QED) is 0.797. The molecule has 4 heteroatoms. The van der Waals surface area contributed by atoms with Crippen LogP contribution in [0.4, 0.5) is 0 Å². The molecule has 4 nitrogen and oxygen atoms in total. The van der Waals surface area contributed by atoms with E-state index in [2.05, 4.69) is 28.9 Å². The van der Waals surface area contributed by atoms with Crippen LogP contribution in [0.25, 0.3) is 11.1 Å². The normalized spacial score (nSPS) is 14.3. The van der Waals surface area contributed by atoms with Crippen molar-refractivity contribution in [1.82, 2.24) is 9.88 Å². The van der Waals surface area contributed by atoms with Crippen LogP contribution in [0.3, 0.4) is 0 Å². The van der Waals surface area contributed by atoms with Gasteiger partial charge in [-0.2, -0.15) is 0 Å². The van der Waals surface area contributed by atoms with Crippen LogP contribution in [-0.4, -0.2) is 16.5 Å². The number of nitrogens with one attached hydrogen (secondary N) is 1. The molecule has 23 heavy (non-hydrogen) atoms. The minimum atomic E-state index is -0.00913. The lowest BCUT2D eigenvalue weighted by atomic mass is 10.1. The molecule has 2 aromatic heterocycles. The maximum atomic E-state index is 12.6. The molecular weight excluding hydrogens is 288 g/mol. The van der Waals surface area contributed by atoms with Crippen molar-refractivity contribution < 1.29 is 9.21 Å². The maximum Gasteiger partial charge on any atom is 0.268 e. The summed E-state index contributed by atoms with van der Waals surface area (Å²) in [6.07, 6.45) is 2.17. The average molecular weight is 308 g/mol. The second-order valence-corrected chi connectivity index (χ2v) is 6.40. The first-order valence-corrected chi connectivity index (χ1v) is 8.07. The predicted octanol–water partition coefficient (Wildman–Crippen LogP) is 3.79. The third-order valence-electron chi connectivity index (χ3n) is 4.45. The molecule has 4 rings (SSSR count). The first-order valence-electron chi connectivity index (χ1n) is 8.07. The van der Waals surface area contributed by atoms with Crippen LogP contribution in [0.1, 0.15) is 40.2 Å². The molecule has 1 fully saturated rings. The molecule has 1 amide bonds. The number of aryl methyl sites for hydroxylation is 2. The third kappa shape index (κ3) is 2.65. The van der Waals surface area contributed by atoms with E-state index >= 15 is 0 Å². The van der Waals surface area contributed by atoms with Gasteiger partial charge in [0.25, 0.3) is 5.91 Å². The van der Waals surface area contributed by atoms with Gasteiger partial charge in [0.05, 0.1) is 5.52 Å². The van der Waals surface area contributed by atoms with Crippen molar-refractivity contribution in [1.29, 1.82) is 0 Å². The number of benzene rings is 1. The SMILES string of the molecule is Cc1cc2c(cc(C(=O)NC3CC3)n2Cc2ccccc2C)o1. The van der Waals surface area contributed by atoms with Crippen LogP contribution in [0, 0.1) is 13.8 Å². The molecule has 1 saturated carbocycles. The van der Waals surface area contributed by atoms with Gasteiger partial charge in [-0.25, -0.2) is 0 Å². The summed E-state index contributed by atoms with van der Waals surface area (Å²) in [4.78, 5) is 12.6. The summed E-state index contributed by atoms with van der Waals surface area (Å²) in [7, 11) is 0. The Labute approximate surface area is 135 Å². The van der Waals surface area contributed by atoms with Gasteiger partial charge in [0, 0.05) is 24.7 Å². The zero-order chi connectivity index (χ0) is 16.0. The molecule has 3 aromatic rings. The van der Waals surface area contributed by atoms with E-state index in [4.69, 9.17) is 4.42 Å². The standard InChI is InChI=1S/C19H20N2O2/c1-12-5-3-4-6-14(12)11-21-16-9-13(2)23-18(16)10-17(21)19(22)20-15-7-8-15/h3-6,9-10,15H,7-8,11H2,1-2H3,(H,20,22). The van der Waals surface area contributed by atoms with Gasteiger partial charge in [0.1, 0.15) is 11.5 Å². The second-order valence-electron chi connectivity index (χ2n) is 6.40. The largest absolute Gasteiger partial charge is 0.460 e. The van der Waals surface area contributed by atoms with Gasteiger partial charge < -0.3 is 14.3 Å². The molecule has 0 unspecified atom stereocenters. The predicted molar refractivity (Wildman–Crippen MR) is 89.7 cm³/mol.